The highest BCUT2D eigenvalue weighted by atomic mass is 35.5. The van der Waals surface area contributed by atoms with Crippen molar-refractivity contribution in [2.75, 3.05) is 5.32 Å². The Hall–Kier alpha value is -2.20. The Morgan fingerprint density at radius 2 is 1.67 bits per heavy atom. The van der Waals surface area contributed by atoms with E-state index in [1.165, 1.54) is 12.1 Å². The van der Waals surface area contributed by atoms with Gasteiger partial charge in [-0.25, -0.2) is 0 Å². The number of hydrogen-bond acceptors (Lipinski definition) is 7. The highest BCUT2D eigenvalue weighted by Crippen LogP contribution is 2.38. The van der Waals surface area contributed by atoms with Gasteiger partial charge in [-0.3, -0.25) is 4.55 Å². The predicted octanol–water partition coefficient (Wildman–Crippen LogP) is 3.03. The second-order valence-corrected chi connectivity index (χ2v) is 6.65. The first-order valence-electron chi connectivity index (χ1n) is 6.32. The van der Waals surface area contributed by atoms with Crippen molar-refractivity contribution >= 4 is 55.7 Å². The van der Waals surface area contributed by atoms with Crippen LogP contribution in [0, 0.1) is 0 Å². The number of benzene rings is 2. The van der Waals surface area contributed by atoms with Gasteiger partial charge in [0.05, 0.1) is 5.69 Å². The van der Waals surface area contributed by atoms with Crippen LogP contribution in [0.25, 0.3) is 10.8 Å². The molecule has 2 aromatic carbocycles. The summed E-state index contributed by atoms with van der Waals surface area (Å²) < 4.78 is 32.8. The van der Waals surface area contributed by atoms with Crippen LogP contribution in [0.3, 0.4) is 0 Å². The van der Waals surface area contributed by atoms with E-state index >= 15 is 0 Å². The summed E-state index contributed by atoms with van der Waals surface area (Å²) >= 11 is 11.3. The topological polar surface area (TPSA) is 125 Å². The third-order valence-electron chi connectivity index (χ3n) is 3.06. The standard InChI is InChI=1S/C13H8Cl2N4O4S/c14-11-17-12(15)19-13(18-11)16-8-5-6-3-1-2-4-7(6)9(20)10(8)24(21,22)23/h1-5,20H,(H,21,22,23)(H,16,17,18,19). The first-order valence-corrected chi connectivity index (χ1v) is 8.51. The lowest BCUT2D eigenvalue weighted by molar-refractivity contribution is 0.449. The SMILES string of the molecule is O=S(=O)(O)c1c(Nc2nc(Cl)nc(Cl)n2)cc2ccccc2c1O. The molecule has 0 aliphatic carbocycles. The van der Waals surface area contributed by atoms with Gasteiger partial charge in [-0.05, 0) is 34.7 Å². The van der Waals surface area contributed by atoms with Crippen LogP contribution in [0.1, 0.15) is 0 Å². The molecule has 0 aliphatic rings. The van der Waals surface area contributed by atoms with Crippen molar-refractivity contribution in [1.82, 2.24) is 15.0 Å². The largest absolute Gasteiger partial charge is 0.506 e. The number of phenols is 1. The first-order chi connectivity index (χ1) is 11.3. The lowest BCUT2D eigenvalue weighted by atomic mass is 10.1. The molecule has 0 aliphatic heterocycles. The number of aromatic hydroxyl groups is 1. The van der Waals surface area contributed by atoms with Crippen LogP contribution < -0.4 is 5.32 Å². The van der Waals surface area contributed by atoms with Crippen LogP contribution in [0.2, 0.25) is 10.6 Å². The van der Waals surface area contributed by atoms with Crippen molar-refractivity contribution in [1.29, 1.82) is 0 Å². The Balaban J connectivity index is 2.26. The Morgan fingerprint density at radius 3 is 2.29 bits per heavy atom. The van der Waals surface area contributed by atoms with Gasteiger partial charge in [0, 0.05) is 5.39 Å². The Labute approximate surface area is 145 Å². The van der Waals surface area contributed by atoms with E-state index in [0.29, 0.717) is 5.39 Å². The second kappa shape index (κ2) is 6.02. The van der Waals surface area contributed by atoms with Crippen molar-refractivity contribution < 1.29 is 18.1 Å². The summed E-state index contributed by atoms with van der Waals surface area (Å²) in [6.45, 7) is 0. The molecule has 3 aromatic rings. The molecule has 0 saturated carbocycles. The number of fused-ring (bicyclic) bond motifs is 1. The van der Waals surface area contributed by atoms with Gasteiger partial charge in [0.2, 0.25) is 16.5 Å². The van der Waals surface area contributed by atoms with Gasteiger partial charge in [0.1, 0.15) is 5.75 Å². The molecule has 0 atom stereocenters. The molecule has 3 N–H and O–H groups in total. The van der Waals surface area contributed by atoms with E-state index in [9.17, 15) is 18.1 Å². The molecule has 0 radical (unpaired) electrons. The molecule has 11 heteroatoms. The molecule has 0 spiro atoms. The Bertz CT molecular complexity index is 1040. The van der Waals surface area contributed by atoms with Crippen LogP contribution in [0.15, 0.2) is 35.2 Å². The summed E-state index contributed by atoms with van der Waals surface area (Å²) in [6.07, 6.45) is 0. The number of nitrogens with one attached hydrogen (secondary N) is 1. The minimum Gasteiger partial charge on any atom is -0.506 e. The van der Waals surface area contributed by atoms with Crippen molar-refractivity contribution in [2.45, 2.75) is 4.90 Å². The van der Waals surface area contributed by atoms with E-state index in [0.717, 1.165) is 0 Å². The summed E-state index contributed by atoms with van der Waals surface area (Å²) in [7, 11) is -4.75. The highest BCUT2D eigenvalue weighted by molar-refractivity contribution is 7.86. The maximum Gasteiger partial charge on any atom is 0.300 e. The summed E-state index contributed by atoms with van der Waals surface area (Å²) in [4.78, 5) is 10.4. The molecule has 1 heterocycles. The number of anilines is 2. The van der Waals surface area contributed by atoms with Gasteiger partial charge in [-0.2, -0.15) is 23.4 Å². The molecular formula is C13H8Cl2N4O4S. The number of rotatable bonds is 3. The summed E-state index contributed by atoms with van der Waals surface area (Å²) in [5, 5.41) is 13.2. The van der Waals surface area contributed by atoms with Gasteiger partial charge in [-0.15, -0.1) is 0 Å². The van der Waals surface area contributed by atoms with Crippen LogP contribution in [0.4, 0.5) is 11.6 Å². The number of nitrogens with zero attached hydrogens (tertiary/aromatic N) is 3. The third kappa shape index (κ3) is 3.20. The fraction of sp³-hybridized carbons (Fsp3) is 0. The molecule has 1 aromatic heterocycles. The summed E-state index contributed by atoms with van der Waals surface area (Å²) in [5.41, 5.74) is -0.146. The molecule has 8 nitrogen and oxygen atoms in total. The average molecular weight is 387 g/mol. The second-order valence-electron chi connectivity index (χ2n) is 4.62. The molecular weight excluding hydrogens is 379 g/mol. The Morgan fingerprint density at radius 1 is 1.04 bits per heavy atom. The monoisotopic (exact) mass is 386 g/mol. The highest BCUT2D eigenvalue weighted by Gasteiger charge is 2.24. The molecule has 0 bridgehead atoms. The number of hydrogen-bond donors (Lipinski definition) is 3. The van der Waals surface area contributed by atoms with Crippen molar-refractivity contribution in [3.8, 4) is 5.75 Å². The van der Waals surface area contributed by atoms with E-state index in [-0.39, 0.29) is 27.6 Å². The van der Waals surface area contributed by atoms with Crippen molar-refractivity contribution in [3.05, 3.63) is 40.9 Å². The number of aromatic nitrogens is 3. The quantitative estimate of drug-likeness (QED) is 0.586. The summed E-state index contributed by atoms with van der Waals surface area (Å²) in [6, 6.07) is 7.90. The minimum absolute atomic E-state index is 0.146. The zero-order chi connectivity index (χ0) is 17.5. The molecule has 0 saturated heterocycles. The van der Waals surface area contributed by atoms with Gasteiger partial charge in [0.15, 0.2) is 4.90 Å². The maximum absolute atomic E-state index is 11.7. The smallest absolute Gasteiger partial charge is 0.300 e. The average Bonchev–Trinajstić information content (AvgIpc) is 2.44. The molecule has 124 valence electrons. The fourth-order valence-corrected chi connectivity index (χ4v) is 3.27. The van der Waals surface area contributed by atoms with Gasteiger partial charge in [-0.1, -0.05) is 24.3 Å². The minimum atomic E-state index is -4.75. The Kier molecular flexibility index (Phi) is 4.18. The third-order valence-corrected chi connectivity index (χ3v) is 4.33. The molecule has 0 amide bonds. The van der Waals surface area contributed by atoms with Crippen LogP contribution in [-0.4, -0.2) is 33.0 Å². The van der Waals surface area contributed by atoms with Crippen LogP contribution in [-0.2, 0) is 10.1 Å². The lowest BCUT2D eigenvalue weighted by Crippen LogP contribution is -2.06. The fourth-order valence-electron chi connectivity index (χ4n) is 2.17. The van der Waals surface area contributed by atoms with Crippen LogP contribution >= 0.6 is 23.2 Å². The van der Waals surface area contributed by atoms with Crippen molar-refractivity contribution in [2.24, 2.45) is 0 Å². The van der Waals surface area contributed by atoms with Gasteiger partial charge in [0.25, 0.3) is 10.1 Å². The molecule has 0 fully saturated rings. The molecule has 0 unspecified atom stereocenters. The maximum atomic E-state index is 11.7. The van der Waals surface area contributed by atoms with E-state index < -0.39 is 20.8 Å². The lowest BCUT2D eigenvalue weighted by Gasteiger charge is -2.13. The first kappa shape index (κ1) is 16.7. The zero-order valence-corrected chi connectivity index (χ0v) is 13.9. The molecule has 3 rings (SSSR count). The summed E-state index contributed by atoms with van der Waals surface area (Å²) in [5.74, 6) is -0.760. The predicted molar refractivity (Wildman–Crippen MR) is 88.6 cm³/mol. The molecule has 24 heavy (non-hydrogen) atoms. The van der Waals surface area contributed by atoms with E-state index in [2.05, 4.69) is 20.3 Å². The number of phenolic OH excluding ortho intramolecular Hbond substituents is 1. The van der Waals surface area contributed by atoms with E-state index in [1.807, 2.05) is 0 Å². The van der Waals surface area contributed by atoms with Crippen LogP contribution in [0.5, 0.6) is 5.75 Å². The number of halogens is 2. The van der Waals surface area contributed by atoms with E-state index in [1.54, 1.807) is 18.2 Å². The van der Waals surface area contributed by atoms with E-state index in [4.69, 9.17) is 23.2 Å². The normalized spacial score (nSPS) is 11.6. The zero-order valence-electron chi connectivity index (χ0n) is 11.6. The van der Waals surface area contributed by atoms with Gasteiger partial charge >= 0.3 is 0 Å². The van der Waals surface area contributed by atoms with Crippen molar-refractivity contribution in [3.63, 3.8) is 0 Å². The van der Waals surface area contributed by atoms with Gasteiger partial charge < -0.3 is 10.4 Å².